The van der Waals surface area contributed by atoms with Crippen LogP contribution in [0.4, 0.5) is 5.69 Å². The number of halogens is 1. The summed E-state index contributed by atoms with van der Waals surface area (Å²) < 4.78 is 27.3. The normalized spacial score (nSPS) is 28.5. The predicted octanol–water partition coefficient (Wildman–Crippen LogP) is 2.98. The van der Waals surface area contributed by atoms with E-state index in [9.17, 15) is 8.42 Å². The summed E-state index contributed by atoms with van der Waals surface area (Å²) in [6.07, 6.45) is 1.04. The Balaban J connectivity index is 2.46. The van der Waals surface area contributed by atoms with Gasteiger partial charge < -0.3 is 5.73 Å². The predicted molar refractivity (Wildman–Crippen MR) is 82.2 cm³/mol. The van der Waals surface area contributed by atoms with Gasteiger partial charge in [0.25, 0.3) is 0 Å². The molecule has 1 aliphatic rings. The Morgan fingerprint density at radius 2 is 1.95 bits per heavy atom. The lowest BCUT2D eigenvalue weighted by Gasteiger charge is -2.40. The molecule has 1 aromatic carbocycles. The van der Waals surface area contributed by atoms with E-state index in [-0.39, 0.29) is 16.0 Å². The van der Waals surface area contributed by atoms with Crippen LogP contribution in [0.15, 0.2) is 23.1 Å². The van der Waals surface area contributed by atoms with E-state index in [1.807, 2.05) is 6.92 Å². The molecule has 0 amide bonds. The SMILES string of the molecule is CC1CC(C)C(C)N(S(=O)(=O)c2cc(N)ccc2Cl)C1. The molecular formula is C14H21ClN2O2S. The van der Waals surface area contributed by atoms with Gasteiger partial charge in [0.2, 0.25) is 10.0 Å². The maximum atomic E-state index is 12.8. The van der Waals surface area contributed by atoms with E-state index in [1.54, 1.807) is 10.4 Å². The molecule has 0 spiro atoms. The minimum absolute atomic E-state index is 0.0336. The van der Waals surface area contributed by atoms with Crippen molar-refractivity contribution in [2.24, 2.45) is 11.8 Å². The van der Waals surface area contributed by atoms with Gasteiger partial charge in [-0.15, -0.1) is 0 Å². The highest BCUT2D eigenvalue weighted by atomic mass is 35.5. The summed E-state index contributed by atoms with van der Waals surface area (Å²) in [4.78, 5) is 0.104. The molecule has 1 fully saturated rings. The second-order valence-corrected chi connectivity index (χ2v) is 8.09. The third kappa shape index (κ3) is 2.80. The molecular weight excluding hydrogens is 296 g/mol. The molecule has 3 unspecified atom stereocenters. The molecule has 112 valence electrons. The van der Waals surface area contributed by atoms with E-state index in [0.29, 0.717) is 24.1 Å². The van der Waals surface area contributed by atoms with Crippen LogP contribution in [0.5, 0.6) is 0 Å². The van der Waals surface area contributed by atoms with Crippen LogP contribution in [0.2, 0.25) is 5.02 Å². The second-order valence-electron chi connectivity index (χ2n) is 5.82. The van der Waals surface area contributed by atoms with Gasteiger partial charge in [0, 0.05) is 18.3 Å². The van der Waals surface area contributed by atoms with Gasteiger partial charge >= 0.3 is 0 Å². The number of benzene rings is 1. The smallest absolute Gasteiger partial charge is 0.244 e. The number of hydrogen-bond acceptors (Lipinski definition) is 3. The summed E-state index contributed by atoms with van der Waals surface area (Å²) in [5.41, 5.74) is 6.10. The van der Waals surface area contributed by atoms with Crippen molar-refractivity contribution >= 4 is 27.3 Å². The Bertz CT molecular complexity index is 603. The van der Waals surface area contributed by atoms with Crippen molar-refractivity contribution in [2.45, 2.75) is 38.1 Å². The fourth-order valence-corrected chi connectivity index (χ4v) is 5.18. The van der Waals surface area contributed by atoms with Crippen molar-refractivity contribution in [3.8, 4) is 0 Å². The number of nitrogens with two attached hydrogens (primary N) is 1. The van der Waals surface area contributed by atoms with Gasteiger partial charge in [-0.3, -0.25) is 0 Å². The summed E-state index contributed by atoms with van der Waals surface area (Å²) in [6.45, 7) is 6.64. The fourth-order valence-electron chi connectivity index (χ4n) is 2.82. The van der Waals surface area contributed by atoms with Crippen LogP contribution in [0, 0.1) is 11.8 Å². The molecule has 0 radical (unpaired) electrons. The Labute approximate surface area is 126 Å². The second kappa shape index (κ2) is 5.54. The zero-order valence-electron chi connectivity index (χ0n) is 12.0. The van der Waals surface area contributed by atoms with Gasteiger partial charge in [-0.25, -0.2) is 8.42 Å². The standard InChI is InChI=1S/C14H21ClN2O2S/c1-9-6-10(2)11(3)17(8-9)20(18,19)14-7-12(16)4-5-13(14)15/h4-5,7,9-11H,6,8,16H2,1-3H3. The Hall–Kier alpha value is -0.780. The number of anilines is 1. The van der Waals surface area contributed by atoms with Gasteiger partial charge in [-0.2, -0.15) is 4.31 Å². The molecule has 1 saturated heterocycles. The van der Waals surface area contributed by atoms with Crippen molar-refractivity contribution in [1.29, 1.82) is 0 Å². The summed E-state index contributed by atoms with van der Waals surface area (Å²) >= 11 is 6.06. The zero-order chi connectivity index (χ0) is 15.1. The first-order valence-electron chi connectivity index (χ1n) is 6.80. The largest absolute Gasteiger partial charge is 0.399 e. The van der Waals surface area contributed by atoms with Gasteiger partial charge in [-0.1, -0.05) is 25.4 Å². The van der Waals surface area contributed by atoms with Crippen molar-refractivity contribution in [1.82, 2.24) is 4.31 Å². The van der Waals surface area contributed by atoms with Crippen LogP contribution in [0.3, 0.4) is 0 Å². The van der Waals surface area contributed by atoms with Gasteiger partial charge in [0.05, 0.1) is 5.02 Å². The molecule has 0 aliphatic carbocycles. The van der Waals surface area contributed by atoms with Crippen molar-refractivity contribution in [3.05, 3.63) is 23.2 Å². The van der Waals surface area contributed by atoms with Crippen LogP contribution in [0.25, 0.3) is 0 Å². The first kappa shape index (κ1) is 15.6. The Kier molecular flexibility index (Phi) is 4.33. The molecule has 1 aliphatic heterocycles. The van der Waals surface area contributed by atoms with Gasteiger partial charge in [0.1, 0.15) is 4.90 Å². The monoisotopic (exact) mass is 316 g/mol. The highest BCUT2D eigenvalue weighted by Gasteiger charge is 2.38. The molecule has 20 heavy (non-hydrogen) atoms. The molecule has 2 N–H and O–H groups in total. The minimum atomic E-state index is -3.61. The maximum absolute atomic E-state index is 12.8. The lowest BCUT2D eigenvalue weighted by molar-refractivity contribution is 0.157. The minimum Gasteiger partial charge on any atom is -0.399 e. The summed E-state index contributed by atoms with van der Waals surface area (Å²) in [7, 11) is -3.61. The average Bonchev–Trinajstić information content (AvgIpc) is 2.36. The van der Waals surface area contributed by atoms with Crippen molar-refractivity contribution < 1.29 is 8.42 Å². The highest BCUT2D eigenvalue weighted by Crippen LogP contribution is 2.34. The van der Waals surface area contributed by atoms with Crippen LogP contribution in [0.1, 0.15) is 27.2 Å². The molecule has 0 saturated carbocycles. The van der Waals surface area contributed by atoms with E-state index in [1.165, 1.54) is 12.1 Å². The first-order valence-corrected chi connectivity index (χ1v) is 8.62. The van der Waals surface area contributed by atoms with Crippen molar-refractivity contribution in [3.63, 3.8) is 0 Å². The van der Waals surface area contributed by atoms with E-state index < -0.39 is 10.0 Å². The Morgan fingerprint density at radius 3 is 2.60 bits per heavy atom. The molecule has 4 nitrogen and oxygen atoms in total. The number of rotatable bonds is 2. The van der Waals surface area contributed by atoms with Crippen LogP contribution in [-0.4, -0.2) is 25.3 Å². The molecule has 0 aromatic heterocycles. The number of piperidine rings is 1. The summed E-state index contributed by atoms with van der Waals surface area (Å²) in [5.74, 6) is 0.671. The fraction of sp³-hybridized carbons (Fsp3) is 0.571. The van der Waals surface area contributed by atoms with Gasteiger partial charge in [-0.05, 0) is 43.4 Å². The maximum Gasteiger partial charge on any atom is 0.244 e. The Morgan fingerprint density at radius 1 is 1.30 bits per heavy atom. The lowest BCUT2D eigenvalue weighted by Crippen LogP contribution is -2.48. The van der Waals surface area contributed by atoms with Crippen molar-refractivity contribution in [2.75, 3.05) is 12.3 Å². The first-order chi connectivity index (χ1) is 9.23. The number of nitrogen functional groups attached to an aromatic ring is 1. The number of sulfonamides is 1. The molecule has 2 rings (SSSR count). The third-order valence-electron chi connectivity index (χ3n) is 4.09. The average molecular weight is 317 g/mol. The number of nitrogens with zero attached hydrogens (tertiary/aromatic N) is 1. The summed E-state index contributed by atoms with van der Waals surface area (Å²) in [5, 5.41) is 0.220. The quantitative estimate of drug-likeness (QED) is 0.853. The van der Waals surface area contributed by atoms with E-state index in [2.05, 4.69) is 13.8 Å². The third-order valence-corrected chi connectivity index (χ3v) is 6.52. The van der Waals surface area contributed by atoms with Crippen LogP contribution >= 0.6 is 11.6 Å². The molecule has 1 heterocycles. The lowest BCUT2D eigenvalue weighted by atomic mass is 9.88. The summed E-state index contributed by atoms with van der Waals surface area (Å²) in [6, 6.07) is 4.54. The molecule has 0 bridgehead atoms. The van der Waals surface area contributed by atoms with Crippen LogP contribution in [-0.2, 0) is 10.0 Å². The molecule has 3 atom stereocenters. The van der Waals surface area contributed by atoms with Gasteiger partial charge in [0.15, 0.2) is 0 Å². The number of hydrogen-bond donors (Lipinski definition) is 1. The highest BCUT2D eigenvalue weighted by molar-refractivity contribution is 7.89. The molecule has 6 heteroatoms. The topological polar surface area (TPSA) is 63.4 Å². The van der Waals surface area contributed by atoms with Crippen LogP contribution < -0.4 is 5.73 Å². The molecule has 1 aromatic rings. The van der Waals surface area contributed by atoms with E-state index in [4.69, 9.17) is 17.3 Å². The van der Waals surface area contributed by atoms with E-state index >= 15 is 0 Å². The van der Waals surface area contributed by atoms with E-state index in [0.717, 1.165) is 6.42 Å². The zero-order valence-corrected chi connectivity index (χ0v) is 13.6.